The lowest BCUT2D eigenvalue weighted by atomic mass is 10.1. The second kappa shape index (κ2) is 6.83. The zero-order valence-electron chi connectivity index (χ0n) is 12.8. The van der Waals surface area contributed by atoms with Gasteiger partial charge >= 0.3 is 5.97 Å². The number of hydrogen-bond donors (Lipinski definition) is 0. The Kier molecular flexibility index (Phi) is 5.08. The van der Waals surface area contributed by atoms with Crippen LogP contribution in [-0.4, -0.2) is 43.1 Å². The first-order chi connectivity index (χ1) is 10.4. The van der Waals surface area contributed by atoms with Crippen molar-refractivity contribution in [3.05, 3.63) is 34.4 Å². The molecular formula is C16H18ClNO4. The molecule has 1 aromatic carbocycles. The summed E-state index contributed by atoms with van der Waals surface area (Å²) in [5.74, 6) is -0.0149. The summed E-state index contributed by atoms with van der Waals surface area (Å²) in [5.41, 5.74) is 1.23. The second-order valence-electron chi connectivity index (χ2n) is 5.24. The minimum absolute atomic E-state index is 0.0905. The van der Waals surface area contributed by atoms with Crippen molar-refractivity contribution >= 4 is 29.6 Å². The summed E-state index contributed by atoms with van der Waals surface area (Å²) < 4.78 is 10.2. The summed E-state index contributed by atoms with van der Waals surface area (Å²) in [4.78, 5) is 25.6. The predicted octanol–water partition coefficient (Wildman–Crippen LogP) is 2.53. The van der Waals surface area contributed by atoms with E-state index in [1.165, 1.54) is 12.0 Å². The Labute approximate surface area is 134 Å². The van der Waals surface area contributed by atoms with Gasteiger partial charge in [0.05, 0.1) is 12.7 Å². The first-order valence-electron chi connectivity index (χ1n) is 6.93. The molecule has 1 aliphatic heterocycles. The number of carbonyl (C=O) groups is 2. The third-order valence-electron chi connectivity index (χ3n) is 3.37. The number of fused-ring (bicyclic) bond motifs is 1. The number of nitrogens with zero attached hydrogens (tertiary/aromatic N) is 1. The van der Waals surface area contributed by atoms with E-state index in [-0.39, 0.29) is 25.1 Å². The smallest absolute Gasteiger partial charge is 0.325 e. The van der Waals surface area contributed by atoms with E-state index in [4.69, 9.17) is 16.3 Å². The van der Waals surface area contributed by atoms with E-state index in [2.05, 4.69) is 4.74 Å². The van der Waals surface area contributed by atoms with Crippen molar-refractivity contribution in [3.63, 3.8) is 0 Å². The highest BCUT2D eigenvalue weighted by molar-refractivity contribution is 6.30. The van der Waals surface area contributed by atoms with Gasteiger partial charge in [0.2, 0.25) is 0 Å². The van der Waals surface area contributed by atoms with Gasteiger partial charge in [-0.05, 0) is 38.1 Å². The maximum absolute atomic E-state index is 12.6. The van der Waals surface area contributed by atoms with Gasteiger partial charge in [-0.15, -0.1) is 0 Å². The molecular weight excluding hydrogens is 306 g/mol. The molecule has 0 N–H and O–H groups in total. The molecule has 0 saturated heterocycles. The Morgan fingerprint density at radius 3 is 2.77 bits per heavy atom. The molecule has 6 heteroatoms. The van der Waals surface area contributed by atoms with Gasteiger partial charge < -0.3 is 14.4 Å². The highest BCUT2D eigenvalue weighted by Crippen LogP contribution is 2.29. The number of amides is 1. The molecule has 0 aromatic heterocycles. The fourth-order valence-corrected chi connectivity index (χ4v) is 2.33. The third-order valence-corrected chi connectivity index (χ3v) is 3.61. The van der Waals surface area contributed by atoms with Crippen LogP contribution in [0.1, 0.15) is 19.4 Å². The van der Waals surface area contributed by atoms with Crippen LogP contribution in [0.3, 0.4) is 0 Å². The van der Waals surface area contributed by atoms with E-state index in [0.717, 1.165) is 5.56 Å². The van der Waals surface area contributed by atoms with Gasteiger partial charge in [0.1, 0.15) is 18.9 Å². The quantitative estimate of drug-likeness (QED) is 0.799. The van der Waals surface area contributed by atoms with Gasteiger partial charge in [0, 0.05) is 16.6 Å². The number of hydrogen-bond acceptors (Lipinski definition) is 4. The van der Waals surface area contributed by atoms with Crippen LogP contribution in [0.2, 0.25) is 5.02 Å². The summed E-state index contributed by atoms with van der Waals surface area (Å²) in [6.45, 7) is 3.76. The zero-order chi connectivity index (χ0) is 16.3. The number of rotatable bonds is 4. The minimum atomic E-state index is -0.456. The Balaban J connectivity index is 2.26. The van der Waals surface area contributed by atoms with Crippen molar-refractivity contribution in [1.82, 2.24) is 4.90 Å². The number of ether oxygens (including phenoxy) is 2. The van der Waals surface area contributed by atoms with E-state index >= 15 is 0 Å². The average molecular weight is 324 g/mol. The predicted molar refractivity (Wildman–Crippen MR) is 83.8 cm³/mol. The van der Waals surface area contributed by atoms with Crippen molar-refractivity contribution in [1.29, 1.82) is 0 Å². The van der Waals surface area contributed by atoms with Crippen LogP contribution < -0.4 is 4.74 Å². The monoisotopic (exact) mass is 323 g/mol. The standard InChI is InChI=1S/C16H18ClNO4/c1-10(2)18(8-15(19)21-3)16(20)12-6-11-7-13(17)4-5-14(11)22-9-12/h4-7,10H,8-9H2,1-3H3. The number of esters is 1. The fourth-order valence-electron chi connectivity index (χ4n) is 2.15. The Morgan fingerprint density at radius 2 is 2.14 bits per heavy atom. The van der Waals surface area contributed by atoms with Crippen molar-refractivity contribution in [2.75, 3.05) is 20.3 Å². The lowest BCUT2D eigenvalue weighted by Crippen LogP contribution is -2.42. The molecule has 1 aliphatic rings. The molecule has 0 radical (unpaired) electrons. The first-order valence-corrected chi connectivity index (χ1v) is 7.31. The van der Waals surface area contributed by atoms with Gasteiger partial charge in [-0.1, -0.05) is 11.6 Å². The van der Waals surface area contributed by atoms with Crippen molar-refractivity contribution in [2.24, 2.45) is 0 Å². The second-order valence-corrected chi connectivity index (χ2v) is 5.68. The number of methoxy groups -OCH3 is 1. The molecule has 1 aromatic rings. The van der Waals surface area contributed by atoms with Crippen LogP contribution in [0.4, 0.5) is 0 Å². The summed E-state index contributed by atoms with van der Waals surface area (Å²) >= 11 is 5.96. The van der Waals surface area contributed by atoms with Crippen LogP contribution in [0.15, 0.2) is 23.8 Å². The van der Waals surface area contributed by atoms with Gasteiger partial charge in [-0.3, -0.25) is 9.59 Å². The molecule has 0 bridgehead atoms. The third kappa shape index (κ3) is 3.60. The van der Waals surface area contributed by atoms with Crippen molar-refractivity contribution in [3.8, 4) is 5.75 Å². The molecule has 1 heterocycles. The van der Waals surface area contributed by atoms with Crippen LogP contribution in [0.25, 0.3) is 6.08 Å². The normalized spacial score (nSPS) is 13.0. The molecule has 0 spiro atoms. The lowest BCUT2D eigenvalue weighted by molar-refractivity contribution is -0.147. The van der Waals surface area contributed by atoms with E-state index in [1.54, 1.807) is 24.3 Å². The maximum Gasteiger partial charge on any atom is 0.325 e. The van der Waals surface area contributed by atoms with E-state index in [0.29, 0.717) is 16.3 Å². The highest BCUT2D eigenvalue weighted by atomic mass is 35.5. The SMILES string of the molecule is COC(=O)CN(C(=O)C1=Cc2cc(Cl)ccc2OC1)C(C)C. The molecule has 0 unspecified atom stereocenters. The fraction of sp³-hybridized carbons (Fsp3) is 0.375. The summed E-state index contributed by atoms with van der Waals surface area (Å²) in [6, 6.07) is 5.11. The van der Waals surface area contributed by atoms with Crippen LogP contribution in [-0.2, 0) is 14.3 Å². The van der Waals surface area contributed by atoms with E-state index in [1.807, 2.05) is 13.8 Å². The van der Waals surface area contributed by atoms with Gasteiger partial charge in [-0.2, -0.15) is 0 Å². The zero-order valence-corrected chi connectivity index (χ0v) is 13.5. The molecule has 0 aliphatic carbocycles. The summed E-state index contributed by atoms with van der Waals surface area (Å²) in [5, 5.41) is 0.572. The molecule has 2 rings (SSSR count). The van der Waals surface area contributed by atoms with Gasteiger partial charge in [-0.25, -0.2) is 0 Å². The highest BCUT2D eigenvalue weighted by Gasteiger charge is 2.26. The summed E-state index contributed by atoms with van der Waals surface area (Å²) in [6.07, 6.45) is 1.75. The number of carbonyl (C=O) groups excluding carboxylic acids is 2. The Bertz CT molecular complexity index is 625. The van der Waals surface area contributed by atoms with Gasteiger partial charge in [0.25, 0.3) is 5.91 Å². The number of halogens is 1. The molecule has 118 valence electrons. The van der Waals surface area contributed by atoms with Crippen LogP contribution >= 0.6 is 11.6 Å². The van der Waals surface area contributed by atoms with Crippen molar-refractivity contribution < 1.29 is 19.1 Å². The lowest BCUT2D eigenvalue weighted by Gasteiger charge is -2.28. The van der Waals surface area contributed by atoms with Gasteiger partial charge in [0.15, 0.2) is 0 Å². The summed E-state index contributed by atoms with van der Waals surface area (Å²) in [7, 11) is 1.30. The average Bonchev–Trinajstić information content (AvgIpc) is 2.50. The van der Waals surface area contributed by atoms with Crippen LogP contribution in [0.5, 0.6) is 5.75 Å². The van der Waals surface area contributed by atoms with E-state index in [9.17, 15) is 9.59 Å². The maximum atomic E-state index is 12.6. The first kappa shape index (κ1) is 16.4. The largest absolute Gasteiger partial charge is 0.488 e. The van der Waals surface area contributed by atoms with Crippen molar-refractivity contribution in [2.45, 2.75) is 19.9 Å². The Hall–Kier alpha value is -2.01. The van der Waals surface area contributed by atoms with Crippen LogP contribution in [0, 0.1) is 0 Å². The molecule has 0 fully saturated rings. The Morgan fingerprint density at radius 1 is 1.41 bits per heavy atom. The molecule has 22 heavy (non-hydrogen) atoms. The molecule has 1 amide bonds. The minimum Gasteiger partial charge on any atom is -0.488 e. The van der Waals surface area contributed by atoms with E-state index < -0.39 is 5.97 Å². The topological polar surface area (TPSA) is 55.8 Å². The number of benzene rings is 1. The molecule has 0 saturated carbocycles. The molecule has 5 nitrogen and oxygen atoms in total. The molecule has 0 atom stereocenters.